The predicted molar refractivity (Wildman–Crippen MR) is 220 cm³/mol. The maximum absolute atomic E-state index is 11.6. The molecule has 0 amide bonds. The molecule has 18 heteroatoms. The normalized spacial score (nSPS) is 47.3. The summed E-state index contributed by atoms with van der Waals surface area (Å²) in [6.45, 7) is 12.3. The number of hydrogen-bond donors (Lipinski definition) is 12. The topological polar surface area (TPSA) is 298 Å². The van der Waals surface area contributed by atoms with Gasteiger partial charge >= 0.3 is 0 Å². The lowest BCUT2D eigenvalue weighted by molar-refractivity contribution is -0.416. The van der Waals surface area contributed by atoms with Crippen LogP contribution >= 0.6 is 0 Å². The molecule has 0 aromatic carbocycles. The fourth-order valence-electron chi connectivity index (χ4n) is 14.3. The molecule has 2 aliphatic heterocycles. The average molecular weight is 905 g/mol. The molecule has 5 aliphatic carbocycles. The van der Waals surface area contributed by atoms with Crippen molar-refractivity contribution in [3.05, 3.63) is 11.6 Å². The van der Waals surface area contributed by atoms with Crippen LogP contribution in [0.25, 0.3) is 0 Å². The van der Waals surface area contributed by atoms with E-state index in [4.69, 9.17) is 23.7 Å². The lowest BCUT2D eigenvalue weighted by Crippen LogP contribution is -2.62. The van der Waals surface area contributed by atoms with Gasteiger partial charge in [0.15, 0.2) is 12.6 Å². The quantitative estimate of drug-likeness (QED) is 0.0398. The zero-order valence-corrected chi connectivity index (χ0v) is 37.7. The lowest BCUT2D eigenvalue weighted by atomic mass is 9.58. The van der Waals surface area contributed by atoms with Crippen LogP contribution in [-0.4, -0.2) is 178 Å². The molecule has 2 spiro atoms. The van der Waals surface area contributed by atoms with Crippen LogP contribution in [0.1, 0.15) is 106 Å². The van der Waals surface area contributed by atoms with Crippen LogP contribution in [0.2, 0.25) is 0 Å². The summed E-state index contributed by atoms with van der Waals surface area (Å²) >= 11 is 0. The Morgan fingerprint density at radius 3 is 1.97 bits per heavy atom. The molecule has 0 radical (unpaired) electrons. The second-order valence-corrected chi connectivity index (χ2v) is 21.5. The van der Waals surface area contributed by atoms with Gasteiger partial charge in [0.2, 0.25) is 6.29 Å². The van der Waals surface area contributed by atoms with Crippen LogP contribution in [0.15, 0.2) is 11.6 Å². The third kappa shape index (κ3) is 7.90. The van der Waals surface area contributed by atoms with Gasteiger partial charge in [-0.15, -0.1) is 0 Å². The molecule has 12 N–H and O–H groups in total. The van der Waals surface area contributed by atoms with E-state index in [-0.39, 0.29) is 33.7 Å². The summed E-state index contributed by atoms with van der Waals surface area (Å²) in [5.41, 5.74) is 0.0525. The average Bonchev–Trinajstić information content (AvgIpc) is 3.58. The van der Waals surface area contributed by atoms with E-state index in [1.54, 1.807) is 13.8 Å². The Morgan fingerprint density at radius 1 is 0.778 bits per heavy atom. The molecular weight excluding hydrogens is 828 g/mol. The minimum Gasteiger partial charge on any atom is -0.394 e. The van der Waals surface area contributed by atoms with Crippen LogP contribution in [-0.2, 0) is 28.6 Å². The van der Waals surface area contributed by atoms with Crippen LogP contribution in [0.3, 0.4) is 0 Å². The van der Waals surface area contributed by atoms with Crippen molar-refractivity contribution in [1.82, 2.24) is 0 Å². The van der Waals surface area contributed by atoms with Gasteiger partial charge < -0.3 is 79.9 Å². The van der Waals surface area contributed by atoms with Crippen LogP contribution in [0, 0.1) is 45.3 Å². The molecule has 0 bridgehead atoms. The van der Waals surface area contributed by atoms with Gasteiger partial charge in [-0.1, -0.05) is 39.3 Å². The highest BCUT2D eigenvalue weighted by atomic mass is 17.1. The first-order valence-corrected chi connectivity index (χ1v) is 23.1. The Kier molecular flexibility index (Phi) is 14.4. The van der Waals surface area contributed by atoms with Crippen molar-refractivity contribution >= 4 is 0 Å². The first kappa shape index (κ1) is 49.9. The first-order chi connectivity index (χ1) is 29.5. The molecule has 7 rings (SSSR count). The zero-order valence-electron chi connectivity index (χ0n) is 37.7. The number of aliphatic hydroxyl groups is 11. The summed E-state index contributed by atoms with van der Waals surface area (Å²) < 4.78 is 29.4. The molecule has 63 heavy (non-hydrogen) atoms. The van der Waals surface area contributed by atoms with Gasteiger partial charge in [0, 0.05) is 5.41 Å². The fourth-order valence-corrected chi connectivity index (χ4v) is 14.3. The summed E-state index contributed by atoms with van der Waals surface area (Å²) in [5.74, 6) is 1.62. The Hall–Kier alpha value is -0.980. The maximum Gasteiger partial charge on any atom is 0.220 e. The van der Waals surface area contributed by atoms with Crippen LogP contribution in [0.5, 0.6) is 0 Å². The van der Waals surface area contributed by atoms with Gasteiger partial charge in [-0.2, -0.15) is 0 Å². The Bertz CT molecular complexity index is 1610. The second kappa shape index (κ2) is 18.2. The second-order valence-electron chi connectivity index (χ2n) is 21.5. The van der Waals surface area contributed by atoms with Crippen molar-refractivity contribution < 1.29 is 90.0 Å². The summed E-state index contributed by atoms with van der Waals surface area (Å²) in [6.07, 6.45) is -12.8. The first-order valence-electron chi connectivity index (χ1n) is 23.1. The monoisotopic (exact) mass is 905 g/mol. The molecule has 7 aliphatic rings. The molecule has 0 aromatic rings. The number of ether oxygens (including phenoxy) is 5. The van der Waals surface area contributed by atoms with Gasteiger partial charge in [0.25, 0.3) is 0 Å². The highest BCUT2D eigenvalue weighted by Gasteiger charge is 2.89. The van der Waals surface area contributed by atoms with E-state index in [9.17, 15) is 61.4 Å². The van der Waals surface area contributed by atoms with Crippen molar-refractivity contribution in [3.63, 3.8) is 0 Å². The van der Waals surface area contributed by atoms with Crippen molar-refractivity contribution in [1.29, 1.82) is 0 Å². The minimum atomic E-state index is -1.86. The van der Waals surface area contributed by atoms with Crippen LogP contribution in [0.4, 0.5) is 0 Å². The van der Waals surface area contributed by atoms with Crippen molar-refractivity contribution in [2.75, 3.05) is 13.2 Å². The molecule has 4 saturated carbocycles. The largest absolute Gasteiger partial charge is 0.394 e. The summed E-state index contributed by atoms with van der Waals surface area (Å²) in [4.78, 5) is 4.61. The van der Waals surface area contributed by atoms with Gasteiger partial charge in [-0.25, -0.2) is 10.1 Å². The van der Waals surface area contributed by atoms with E-state index in [0.29, 0.717) is 30.6 Å². The number of aliphatic hydroxyl groups excluding tert-OH is 11. The van der Waals surface area contributed by atoms with Gasteiger partial charge in [0.05, 0.1) is 37.1 Å². The fraction of sp³-hybridized carbons (Fsp3) is 0.956. The number of rotatable bonds is 17. The Balaban J connectivity index is 0.987. The van der Waals surface area contributed by atoms with Gasteiger partial charge in [-0.3, -0.25) is 0 Å². The maximum atomic E-state index is 11.6. The molecule has 6 fully saturated rings. The molecule has 23 atom stereocenters. The lowest BCUT2D eigenvalue weighted by Gasteiger charge is -2.51. The van der Waals surface area contributed by atoms with E-state index >= 15 is 0 Å². The van der Waals surface area contributed by atoms with E-state index < -0.39 is 111 Å². The van der Waals surface area contributed by atoms with Crippen molar-refractivity contribution in [3.8, 4) is 0 Å². The SMILES string of the molecule is CC(O)C(O)C(OC1OC(CO)C(O)C(O)C1O)C(OO)OC(C)(C)C(O)CCC(C)C1CCC23C4CC=C5C(CCC(OC6OC(CO)C(O)C(O)C6O)C5(C)C)C42CCC13C. The third-order valence-corrected chi connectivity index (χ3v) is 17.8. The van der Waals surface area contributed by atoms with Crippen molar-refractivity contribution in [2.24, 2.45) is 45.3 Å². The van der Waals surface area contributed by atoms with E-state index in [1.165, 1.54) is 12.5 Å². The van der Waals surface area contributed by atoms with Gasteiger partial charge in [-0.05, 0) is 118 Å². The molecule has 23 unspecified atom stereocenters. The number of fused-ring (bicyclic) bond motifs is 1. The smallest absolute Gasteiger partial charge is 0.220 e. The summed E-state index contributed by atoms with van der Waals surface area (Å²) in [6, 6.07) is 0. The van der Waals surface area contributed by atoms with Crippen LogP contribution < -0.4 is 0 Å². The molecule has 2 heterocycles. The predicted octanol–water partition coefficient (Wildman–Crippen LogP) is 0.0654. The molecule has 364 valence electrons. The van der Waals surface area contributed by atoms with E-state index in [1.807, 2.05) is 0 Å². The minimum absolute atomic E-state index is 0.0904. The highest BCUT2D eigenvalue weighted by Crippen LogP contribution is 2.95. The Morgan fingerprint density at radius 2 is 1.38 bits per heavy atom. The van der Waals surface area contributed by atoms with Crippen molar-refractivity contribution in [2.45, 2.75) is 210 Å². The number of hydrogen-bond acceptors (Lipinski definition) is 18. The van der Waals surface area contributed by atoms with E-state index in [2.05, 4.69) is 38.7 Å². The Labute approximate surface area is 369 Å². The summed E-state index contributed by atoms with van der Waals surface area (Å²) in [5, 5.41) is 125. The molecule has 18 nitrogen and oxygen atoms in total. The zero-order chi connectivity index (χ0) is 46.4. The standard InChI is InChI=1S/C45H76O18/c1-20(8-12-28(49)42(5,6)62-40(63-57)37(30(50)21(2)48)61-39-36(56)34(54)32(52)26(19-47)59-39)22-14-15-45-27-11-9-23-24(44(27,45)17-16-43(22,45)7)10-13-29(41(23,3)4)60-38-35(55)33(53)31(51)25(18-46)58-38/h9,20-22,24-40,46-57H,8,10-19H2,1-7H3. The van der Waals surface area contributed by atoms with Gasteiger partial charge in [0.1, 0.15) is 61.0 Å². The molecule has 2 saturated heterocycles. The summed E-state index contributed by atoms with van der Waals surface area (Å²) in [7, 11) is 0. The van der Waals surface area contributed by atoms with E-state index in [0.717, 1.165) is 44.9 Å². The molecular formula is C45H76O18. The molecule has 0 aromatic heterocycles. The third-order valence-electron chi connectivity index (χ3n) is 17.8. The number of allylic oxidation sites excluding steroid dienone is 1. The highest BCUT2D eigenvalue weighted by molar-refractivity contribution is 5.43.